The highest BCUT2D eigenvalue weighted by molar-refractivity contribution is 7.90. The maximum absolute atomic E-state index is 13.2. The van der Waals surface area contributed by atoms with E-state index in [-0.39, 0.29) is 11.2 Å². The molecular formula is C24H32N2O4S. The van der Waals surface area contributed by atoms with Crippen LogP contribution in [0.2, 0.25) is 0 Å². The van der Waals surface area contributed by atoms with Crippen LogP contribution in [0.15, 0.2) is 48.5 Å². The van der Waals surface area contributed by atoms with Crippen molar-refractivity contribution in [3.05, 3.63) is 59.7 Å². The molecule has 2 aromatic rings. The second kappa shape index (κ2) is 9.59. The Hall–Kier alpha value is -2.09. The Morgan fingerprint density at radius 2 is 1.58 bits per heavy atom. The van der Waals surface area contributed by atoms with Gasteiger partial charge in [0, 0.05) is 19.6 Å². The Labute approximate surface area is 185 Å². The highest BCUT2D eigenvalue weighted by Crippen LogP contribution is 2.34. The van der Waals surface area contributed by atoms with E-state index in [4.69, 9.17) is 9.47 Å². The van der Waals surface area contributed by atoms with Gasteiger partial charge in [-0.3, -0.25) is 4.90 Å². The van der Waals surface area contributed by atoms with Gasteiger partial charge in [0.2, 0.25) is 10.0 Å². The Kier molecular flexibility index (Phi) is 6.84. The molecule has 2 aromatic carbocycles. The maximum Gasteiger partial charge on any atom is 0.217 e. The van der Waals surface area contributed by atoms with Crippen molar-refractivity contribution in [3.8, 4) is 11.5 Å². The van der Waals surface area contributed by atoms with Gasteiger partial charge in [0.15, 0.2) is 0 Å². The van der Waals surface area contributed by atoms with Crippen molar-refractivity contribution in [2.24, 2.45) is 5.92 Å². The minimum atomic E-state index is -3.25. The van der Waals surface area contributed by atoms with Gasteiger partial charge in [-0.2, -0.15) is 0 Å². The molecule has 4 rings (SSSR count). The lowest BCUT2D eigenvalue weighted by molar-refractivity contribution is 0.267. The molecule has 0 spiro atoms. The number of benzene rings is 2. The summed E-state index contributed by atoms with van der Waals surface area (Å²) in [4.78, 5) is 2.38. The minimum absolute atomic E-state index is 0.214. The Balaban J connectivity index is 1.36. The molecule has 2 heterocycles. The lowest BCUT2D eigenvalue weighted by Crippen LogP contribution is -2.33. The Bertz CT molecular complexity index is 995. The van der Waals surface area contributed by atoms with Gasteiger partial charge < -0.3 is 9.47 Å². The summed E-state index contributed by atoms with van der Waals surface area (Å²) in [5.74, 6) is 1.88. The van der Waals surface area contributed by atoms with Crippen LogP contribution in [0.4, 0.5) is 0 Å². The van der Waals surface area contributed by atoms with Crippen LogP contribution in [-0.2, 0) is 23.0 Å². The summed E-state index contributed by atoms with van der Waals surface area (Å²) in [7, 11) is 0.0772. The minimum Gasteiger partial charge on any atom is -0.497 e. The molecule has 31 heavy (non-hydrogen) atoms. The van der Waals surface area contributed by atoms with Gasteiger partial charge in [0.1, 0.15) is 11.5 Å². The fraction of sp³-hybridized carbons (Fsp3) is 0.500. The number of nitrogens with zero attached hydrogens (tertiary/aromatic N) is 2. The average molecular weight is 445 g/mol. The van der Waals surface area contributed by atoms with E-state index in [1.807, 2.05) is 36.4 Å². The molecule has 0 aromatic heterocycles. The molecular weight excluding hydrogens is 412 g/mol. The van der Waals surface area contributed by atoms with E-state index < -0.39 is 10.0 Å². The number of rotatable bonds is 7. The van der Waals surface area contributed by atoms with E-state index in [9.17, 15) is 8.42 Å². The molecule has 0 bridgehead atoms. The third-order valence-electron chi connectivity index (χ3n) is 6.58. The summed E-state index contributed by atoms with van der Waals surface area (Å²) in [5, 5.41) is -0.256. The van der Waals surface area contributed by atoms with Gasteiger partial charge in [0.25, 0.3) is 0 Å². The molecule has 7 heteroatoms. The third kappa shape index (κ3) is 5.05. The molecule has 6 nitrogen and oxygen atoms in total. The van der Waals surface area contributed by atoms with Crippen LogP contribution in [0.25, 0.3) is 0 Å². The molecule has 0 unspecified atom stereocenters. The van der Waals surface area contributed by atoms with Crippen LogP contribution in [0.5, 0.6) is 11.5 Å². The fourth-order valence-electron chi connectivity index (χ4n) is 4.84. The van der Waals surface area contributed by atoms with Gasteiger partial charge in [-0.15, -0.1) is 0 Å². The Morgan fingerprint density at radius 3 is 2.29 bits per heavy atom. The monoisotopic (exact) mass is 444 g/mol. The number of ether oxygens (including phenoxy) is 2. The highest BCUT2D eigenvalue weighted by atomic mass is 32.2. The van der Waals surface area contributed by atoms with Gasteiger partial charge in [-0.1, -0.05) is 24.3 Å². The van der Waals surface area contributed by atoms with Crippen molar-refractivity contribution < 1.29 is 17.9 Å². The topological polar surface area (TPSA) is 59.1 Å². The lowest BCUT2D eigenvalue weighted by atomic mass is 10.0. The van der Waals surface area contributed by atoms with Gasteiger partial charge in [-0.25, -0.2) is 12.7 Å². The molecule has 2 fully saturated rings. The quantitative estimate of drug-likeness (QED) is 0.657. The zero-order valence-corrected chi connectivity index (χ0v) is 19.2. The van der Waals surface area contributed by atoms with Crippen LogP contribution in [-0.4, -0.2) is 63.3 Å². The van der Waals surface area contributed by atoms with Gasteiger partial charge in [-0.05, 0) is 73.7 Å². The third-order valence-corrected chi connectivity index (χ3v) is 9.01. The molecule has 2 saturated heterocycles. The fourth-order valence-corrected chi connectivity index (χ4v) is 7.08. The van der Waals surface area contributed by atoms with E-state index in [0.29, 0.717) is 25.9 Å². The van der Waals surface area contributed by atoms with Crippen molar-refractivity contribution in [2.75, 3.05) is 40.4 Å². The average Bonchev–Trinajstić information content (AvgIpc) is 2.90. The summed E-state index contributed by atoms with van der Waals surface area (Å²) >= 11 is 0. The van der Waals surface area contributed by atoms with E-state index in [2.05, 4.69) is 17.0 Å². The summed E-state index contributed by atoms with van der Waals surface area (Å²) in [5.41, 5.74) is 2.31. The lowest BCUT2D eigenvalue weighted by Gasteiger charge is -2.22. The van der Waals surface area contributed by atoms with E-state index in [0.717, 1.165) is 43.1 Å². The second-order valence-electron chi connectivity index (χ2n) is 8.51. The van der Waals surface area contributed by atoms with Crippen LogP contribution in [0.1, 0.15) is 24.0 Å². The molecule has 0 saturated carbocycles. The SMILES string of the molecule is COc1cccc(CCN2C[C@@H]3CCN(Cc4cccc(OC)c4)CC[C@@H]3S2(=O)=O)c1. The first-order valence-electron chi connectivity index (χ1n) is 11.0. The number of likely N-dealkylation sites (tertiary alicyclic amines) is 1. The molecule has 2 aliphatic heterocycles. The predicted molar refractivity (Wildman–Crippen MR) is 122 cm³/mol. The van der Waals surface area contributed by atoms with E-state index in [1.165, 1.54) is 5.56 Å². The summed E-state index contributed by atoms with van der Waals surface area (Å²) < 4.78 is 38.8. The first kappa shape index (κ1) is 22.1. The second-order valence-corrected chi connectivity index (χ2v) is 10.7. The molecule has 2 aliphatic rings. The van der Waals surface area contributed by atoms with Crippen molar-refractivity contribution >= 4 is 10.0 Å². The van der Waals surface area contributed by atoms with Crippen molar-refractivity contribution in [3.63, 3.8) is 0 Å². The number of methoxy groups -OCH3 is 2. The summed E-state index contributed by atoms with van der Waals surface area (Å²) in [6.07, 6.45) is 2.33. The summed E-state index contributed by atoms with van der Waals surface area (Å²) in [6.45, 7) is 3.75. The van der Waals surface area contributed by atoms with Gasteiger partial charge in [0.05, 0.1) is 19.5 Å². The van der Waals surface area contributed by atoms with Crippen molar-refractivity contribution in [1.29, 1.82) is 0 Å². The van der Waals surface area contributed by atoms with Crippen LogP contribution in [0.3, 0.4) is 0 Å². The van der Waals surface area contributed by atoms with Crippen molar-refractivity contribution in [1.82, 2.24) is 9.21 Å². The Morgan fingerprint density at radius 1 is 0.935 bits per heavy atom. The van der Waals surface area contributed by atoms with Crippen LogP contribution in [0, 0.1) is 5.92 Å². The first-order chi connectivity index (χ1) is 15.0. The predicted octanol–water partition coefficient (Wildman–Crippen LogP) is 3.17. The van der Waals surface area contributed by atoms with E-state index >= 15 is 0 Å². The van der Waals surface area contributed by atoms with Crippen LogP contribution >= 0.6 is 0 Å². The number of sulfonamides is 1. The molecule has 168 valence electrons. The zero-order chi connectivity index (χ0) is 21.8. The standard InChI is InChI=1S/C24H32N2O4S/c1-29-22-7-3-5-19(15-22)9-14-26-18-21-10-12-25(13-11-24(21)31(26,27)28)17-20-6-4-8-23(16-20)30-2/h3-8,15-16,21,24H,9-14,17-18H2,1-2H3/t21-,24-/m0/s1. The van der Waals surface area contributed by atoms with Crippen LogP contribution < -0.4 is 9.47 Å². The first-order valence-corrected chi connectivity index (χ1v) is 12.5. The number of fused-ring (bicyclic) bond motifs is 1. The number of hydrogen-bond donors (Lipinski definition) is 0. The van der Waals surface area contributed by atoms with E-state index in [1.54, 1.807) is 18.5 Å². The zero-order valence-electron chi connectivity index (χ0n) is 18.4. The summed E-state index contributed by atoms with van der Waals surface area (Å²) in [6, 6.07) is 16.0. The largest absolute Gasteiger partial charge is 0.497 e. The molecule has 0 aliphatic carbocycles. The van der Waals surface area contributed by atoms with Gasteiger partial charge >= 0.3 is 0 Å². The molecule has 0 N–H and O–H groups in total. The number of hydrogen-bond acceptors (Lipinski definition) is 5. The normalized spacial score (nSPS) is 23.8. The molecule has 2 atom stereocenters. The van der Waals surface area contributed by atoms with Crippen molar-refractivity contribution in [2.45, 2.75) is 31.1 Å². The molecule has 0 radical (unpaired) electrons. The smallest absolute Gasteiger partial charge is 0.217 e. The molecule has 0 amide bonds. The highest BCUT2D eigenvalue weighted by Gasteiger charge is 2.46. The maximum atomic E-state index is 13.2.